The molecule has 26 heavy (non-hydrogen) atoms. The molecule has 132 valence electrons. The molecule has 1 amide bonds. The average molecular weight is 349 g/mol. The second kappa shape index (κ2) is 7.23. The summed E-state index contributed by atoms with van der Waals surface area (Å²) in [5, 5.41) is 7.01. The van der Waals surface area contributed by atoms with Gasteiger partial charge in [-0.25, -0.2) is 0 Å². The summed E-state index contributed by atoms with van der Waals surface area (Å²) in [5.41, 5.74) is 2.96. The fourth-order valence-electron chi connectivity index (χ4n) is 2.54. The summed E-state index contributed by atoms with van der Waals surface area (Å²) in [5.74, 6) is -0.322. The molecule has 0 fully saturated rings. The normalized spacial score (nSPS) is 10.4. The van der Waals surface area contributed by atoms with E-state index in [1.54, 1.807) is 18.2 Å². The third-order valence-corrected chi connectivity index (χ3v) is 3.89. The first-order valence-electron chi connectivity index (χ1n) is 8.11. The maximum atomic E-state index is 12.7. The maximum Gasteiger partial charge on any atom is 0.280 e. The van der Waals surface area contributed by atoms with Crippen LogP contribution in [0.3, 0.4) is 0 Å². The molecule has 0 aliphatic heterocycles. The predicted octanol–water partition coefficient (Wildman–Crippen LogP) is 3.11. The van der Waals surface area contributed by atoms with Crippen LogP contribution in [0.15, 0.2) is 59.4 Å². The van der Waals surface area contributed by atoms with Crippen molar-refractivity contribution in [1.29, 1.82) is 0 Å². The number of carbonyl (C=O) groups excluding carboxylic acids is 1. The van der Waals surface area contributed by atoms with Gasteiger partial charge in [0.1, 0.15) is 0 Å². The number of amides is 1. The van der Waals surface area contributed by atoms with Crippen LogP contribution in [0, 0.1) is 13.8 Å². The van der Waals surface area contributed by atoms with Crippen LogP contribution in [0.25, 0.3) is 5.69 Å². The minimum Gasteiger partial charge on any atom is -0.494 e. The van der Waals surface area contributed by atoms with Crippen LogP contribution in [0.2, 0.25) is 0 Å². The van der Waals surface area contributed by atoms with Crippen molar-refractivity contribution in [3.63, 3.8) is 0 Å². The van der Waals surface area contributed by atoms with E-state index in [-0.39, 0.29) is 17.0 Å². The van der Waals surface area contributed by atoms with Crippen molar-refractivity contribution < 1.29 is 9.53 Å². The molecule has 0 bridgehead atoms. The zero-order valence-corrected chi connectivity index (χ0v) is 14.8. The monoisotopic (exact) mass is 349 g/mol. The van der Waals surface area contributed by atoms with E-state index in [4.69, 9.17) is 4.74 Å². The van der Waals surface area contributed by atoms with Crippen molar-refractivity contribution in [2.75, 3.05) is 12.4 Å². The molecular formula is C20H19N3O3. The van der Waals surface area contributed by atoms with Crippen molar-refractivity contribution in [2.45, 2.75) is 13.8 Å². The van der Waals surface area contributed by atoms with Crippen molar-refractivity contribution in [2.24, 2.45) is 0 Å². The lowest BCUT2D eigenvalue weighted by Crippen LogP contribution is -2.26. The highest BCUT2D eigenvalue weighted by molar-refractivity contribution is 6.04. The third kappa shape index (κ3) is 3.64. The summed E-state index contributed by atoms with van der Waals surface area (Å²) in [6.07, 6.45) is 0. The first kappa shape index (κ1) is 17.4. The Hall–Kier alpha value is -3.41. The molecule has 6 nitrogen and oxygen atoms in total. The van der Waals surface area contributed by atoms with Crippen LogP contribution in [0.1, 0.15) is 21.6 Å². The minimum absolute atomic E-state index is 0.0363. The van der Waals surface area contributed by atoms with E-state index in [1.165, 1.54) is 17.9 Å². The Morgan fingerprint density at radius 3 is 2.42 bits per heavy atom. The van der Waals surface area contributed by atoms with Crippen LogP contribution in [-0.4, -0.2) is 22.8 Å². The lowest BCUT2D eigenvalue weighted by molar-refractivity contribution is 0.101. The van der Waals surface area contributed by atoms with Gasteiger partial charge >= 0.3 is 0 Å². The number of ether oxygens (including phenoxy) is 1. The summed E-state index contributed by atoms with van der Waals surface area (Å²) >= 11 is 0. The molecule has 6 heteroatoms. The van der Waals surface area contributed by atoms with Crippen LogP contribution < -0.4 is 15.6 Å². The Labute approximate surface area is 151 Å². The van der Waals surface area contributed by atoms with Gasteiger partial charge in [-0.15, -0.1) is 0 Å². The van der Waals surface area contributed by atoms with Gasteiger partial charge in [-0.1, -0.05) is 29.8 Å². The van der Waals surface area contributed by atoms with Crippen LogP contribution in [0.5, 0.6) is 5.75 Å². The molecule has 0 radical (unpaired) electrons. The quantitative estimate of drug-likeness (QED) is 0.785. The number of hydrogen-bond acceptors (Lipinski definition) is 4. The van der Waals surface area contributed by atoms with Crippen molar-refractivity contribution in [3.05, 3.63) is 81.8 Å². The maximum absolute atomic E-state index is 12.7. The SMILES string of the molecule is COc1cc(=O)n(-c2ccc(C)cc2)nc1C(=O)Nc1cccc(C)c1. The van der Waals surface area contributed by atoms with Crippen LogP contribution in [-0.2, 0) is 0 Å². The number of methoxy groups -OCH3 is 1. The van der Waals surface area contributed by atoms with E-state index in [0.717, 1.165) is 11.1 Å². The Balaban J connectivity index is 2.02. The van der Waals surface area contributed by atoms with Gasteiger partial charge in [0.2, 0.25) is 0 Å². The molecule has 0 unspecified atom stereocenters. The van der Waals surface area contributed by atoms with Gasteiger partial charge < -0.3 is 10.1 Å². The van der Waals surface area contributed by atoms with Gasteiger partial charge in [0.15, 0.2) is 11.4 Å². The Kier molecular flexibility index (Phi) is 4.84. The van der Waals surface area contributed by atoms with Crippen LogP contribution in [0.4, 0.5) is 5.69 Å². The smallest absolute Gasteiger partial charge is 0.280 e. The van der Waals surface area contributed by atoms with Gasteiger partial charge in [0.25, 0.3) is 11.5 Å². The summed E-state index contributed by atoms with van der Waals surface area (Å²) in [7, 11) is 1.40. The number of benzene rings is 2. The summed E-state index contributed by atoms with van der Waals surface area (Å²) in [6.45, 7) is 3.89. The highest BCUT2D eigenvalue weighted by Crippen LogP contribution is 2.17. The minimum atomic E-state index is -0.451. The third-order valence-electron chi connectivity index (χ3n) is 3.89. The number of carbonyl (C=O) groups is 1. The number of rotatable bonds is 4. The Morgan fingerprint density at radius 2 is 1.77 bits per heavy atom. The first-order chi connectivity index (χ1) is 12.5. The fourth-order valence-corrected chi connectivity index (χ4v) is 2.54. The standard InChI is InChI=1S/C20H19N3O3/c1-13-7-9-16(10-8-13)23-18(24)12-17(26-3)19(22-23)20(25)21-15-6-4-5-14(2)11-15/h4-12H,1-3H3,(H,21,25). The zero-order chi connectivity index (χ0) is 18.7. The topological polar surface area (TPSA) is 73.2 Å². The fraction of sp³-hybridized carbons (Fsp3) is 0.150. The lowest BCUT2D eigenvalue weighted by atomic mass is 10.2. The summed E-state index contributed by atoms with van der Waals surface area (Å²) in [4.78, 5) is 25.0. The number of nitrogens with zero attached hydrogens (tertiary/aromatic N) is 2. The molecule has 1 N–H and O–H groups in total. The number of anilines is 1. The number of aromatic nitrogens is 2. The van der Waals surface area contributed by atoms with E-state index < -0.39 is 5.91 Å². The van der Waals surface area contributed by atoms with E-state index in [0.29, 0.717) is 11.4 Å². The van der Waals surface area contributed by atoms with E-state index >= 15 is 0 Å². The van der Waals surface area contributed by atoms with Crippen molar-refractivity contribution >= 4 is 11.6 Å². The molecule has 3 rings (SSSR count). The molecule has 0 aliphatic rings. The van der Waals surface area contributed by atoms with Gasteiger partial charge in [-0.2, -0.15) is 9.78 Å². The predicted molar refractivity (Wildman–Crippen MR) is 100 cm³/mol. The molecule has 3 aromatic rings. The molecular weight excluding hydrogens is 330 g/mol. The Bertz CT molecular complexity index is 1010. The van der Waals surface area contributed by atoms with Crippen molar-refractivity contribution in [1.82, 2.24) is 9.78 Å². The zero-order valence-electron chi connectivity index (χ0n) is 14.8. The number of nitrogens with one attached hydrogen (secondary N) is 1. The molecule has 0 saturated carbocycles. The molecule has 0 atom stereocenters. The number of hydrogen-bond donors (Lipinski definition) is 1. The van der Waals surface area contributed by atoms with Crippen molar-refractivity contribution in [3.8, 4) is 11.4 Å². The molecule has 0 aliphatic carbocycles. The molecule has 1 heterocycles. The second-order valence-corrected chi connectivity index (χ2v) is 5.97. The van der Waals surface area contributed by atoms with E-state index in [1.807, 2.05) is 44.2 Å². The van der Waals surface area contributed by atoms with Crippen LogP contribution >= 0.6 is 0 Å². The van der Waals surface area contributed by atoms with E-state index in [2.05, 4.69) is 10.4 Å². The molecule has 2 aromatic carbocycles. The summed E-state index contributed by atoms with van der Waals surface area (Å²) < 4.78 is 6.37. The van der Waals surface area contributed by atoms with Gasteiger partial charge in [-0.3, -0.25) is 9.59 Å². The van der Waals surface area contributed by atoms with Gasteiger partial charge in [0.05, 0.1) is 18.9 Å². The van der Waals surface area contributed by atoms with Gasteiger partial charge in [0, 0.05) is 5.69 Å². The summed E-state index contributed by atoms with van der Waals surface area (Å²) in [6, 6.07) is 16.0. The average Bonchev–Trinajstić information content (AvgIpc) is 2.62. The highest BCUT2D eigenvalue weighted by Gasteiger charge is 2.18. The Morgan fingerprint density at radius 1 is 1.04 bits per heavy atom. The second-order valence-electron chi connectivity index (χ2n) is 5.97. The van der Waals surface area contributed by atoms with Gasteiger partial charge in [-0.05, 0) is 43.7 Å². The number of aryl methyl sites for hydroxylation is 2. The lowest BCUT2D eigenvalue weighted by Gasteiger charge is -2.12. The molecule has 1 aromatic heterocycles. The largest absolute Gasteiger partial charge is 0.494 e. The highest BCUT2D eigenvalue weighted by atomic mass is 16.5. The first-order valence-corrected chi connectivity index (χ1v) is 8.11. The van der Waals surface area contributed by atoms with E-state index in [9.17, 15) is 9.59 Å². The molecule has 0 spiro atoms. The molecule has 0 saturated heterocycles.